The number of nitrogens with one attached hydrogen (secondary N) is 2. The van der Waals surface area contributed by atoms with Crippen LogP contribution in [-0.4, -0.2) is 26.8 Å². The number of carbonyl (C=O) groups excluding carboxylic acids is 1. The van der Waals surface area contributed by atoms with Gasteiger partial charge in [-0.25, -0.2) is 0 Å². The SMILES string of the molecule is NC(=S)NCc1cc(-c2cccc(C(c3ccc(Cl)cc3)C(F)(F)F)c2)ccc1NC(=O)c1csnn1. The topological polar surface area (TPSA) is 92.9 Å². The van der Waals surface area contributed by atoms with E-state index < -0.39 is 18.0 Å². The van der Waals surface area contributed by atoms with E-state index in [2.05, 4.69) is 20.2 Å². The smallest absolute Gasteiger partial charge is 0.376 e. The monoisotopic (exact) mass is 561 g/mol. The van der Waals surface area contributed by atoms with E-state index >= 15 is 0 Å². The second-order valence-electron chi connectivity index (χ2n) is 7.99. The van der Waals surface area contributed by atoms with Crippen molar-refractivity contribution in [2.45, 2.75) is 18.6 Å². The number of carbonyl (C=O) groups is 1. The maximum absolute atomic E-state index is 14.1. The van der Waals surface area contributed by atoms with Crippen LogP contribution in [-0.2, 0) is 6.54 Å². The number of aromatic nitrogens is 2. The molecule has 0 fully saturated rings. The van der Waals surface area contributed by atoms with E-state index in [9.17, 15) is 18.0 Å². The molecule has 1 unspecified atom stereocenters. The minimum atomic E-state index is -4.52. The largest absolute Gasteiger partial charge is 0.399 e. The van der Waals surface area contributed by atoms with Crippen LogP contribution < -0.4 is 16.4 Å². The second kappa shape index (κ2) is 11.2. The third-order valence-electron chi connectivity index (χ3n) is 5.48. The summed E-state index contributed by atoms with van der Waals surface area (Å²) in [5.41, 5.74) is 8.22. The van der Waals surface area contributed by atoms with Gasteiger partial charge in [-0.2, -0.15) is 13.2 Å². The summed E-state index contributed by atoms with van der Waals surface area (Å²) in [6.07, 6.45) is -4.52. The minimum Gasteiger partial charge on any atom is -0.376 e. The lowest BCUT2D eigenvalue weighted by Gasteiger charge is -2.22. The van der Waals surface area contributed by atoms with Gasteiger partial charge in [0, 0.05) is 22.6 Å². The highest BCUT2D eigenvalue weighted by atomic mass is 35.5. The molecule has 1 amide bonds. The van der Waals surface area contributed by atoms with Crippen LogP contribution in [0.5, 0.6) is 0 Å². The molecule has 0 aliphatic heterocycles. The highest BCUT2D eigenvalue weighted by Gasteiger charge is 2.41. The van der Waals surface area contributed by atoms with Crippen molar-refractivity contribution in [3.63, 3.8) is 0 Å². The molecule has 0 spiro atoms. The van der Waals surface area contributed by atoms with Gasteiger partial charge in [0.2, 0.25) is 0 Å². The van der Waals surface area contributed by atoms with E-state index in [1.807, 2.05) is 0 Å². The summed E-state index contributed by atoms with van der Waals surface area (Å²) in [6, 6.07) is 17.0. The van der Waals surface area contributed by atoms with E-state index in [-0.39, 0.29) is 28.5 Å². The fourth-order valence-electron chi connectivity index (χ4n) is 3.80. The van der Waals surface area contributed by atoms with Crippen molar-refractivity contribution in [2.24, 2.45) is 5.73 Å². The van der Waals surface area contributed by atoms with Crippen molar-refractivity contribution in [3.8, 4) is 11.1 Å². The standard InChI is InChI=1S/C25H19ClF3N5OS2/c26-19-7-4-14(5-8-19)22(25(27,28)29)17-3-1-2-15(10-17)16-6-9-20(18(11-16)12-31-24(30)36)32-23(35)21-13-37-34-33-21/h1-11,13,22H,12H2,(H,32,35)(H3,30,31,36). The third kappa shape index (κ3) is 6.62. The highest BCUT2D eigenvalue weighted by molar-refractivity contribution is 7.80. The molecule has 190 valence electrons. The van der Waals surface area contributed by atoms with E-state index in [4.69, 9.17) is 29.6 Å². The predicted molar refractivity (Wildman–Crippen MR) is 143 cm³/mol. The number of hydrogen-bond donors (Lipinski definition) is 3. The van der Waals surface area contributed by atoms with Crippen molar-refractivity contribution in [3.05, 3.63) is 99.5 Å². The van der Waals surface area contributed by atoms with Crippen LogP contribution in [0.15, 0.2) is 72.1 Å². The first kappa shape index (κ1) is 26.5. The fraction of sp³-hybridized carbons (Fsp3) is 0.120. The van der Waals surface area contributed by atoms with Gasteiger partial charge >= 0.3 is 6.18 Å². The number of amides is 1. The number of halogens is 4. The zero-order chi connectivity index (χ0) is 26.6. The Kier molecular flexibility index (Phi) is 8.06. The molecule has 1 atom stereocenters. The van der Waals surface area contributed by atoms with Gasteiger partial charge in [0.25, 0.3) is 5.91 Å². The lowest BCUT2D eigenvalue weighted by atomic mass is 9.88. The number of rotatable bonds is 7. The molecule has 3 aromatic carbocycles. The zero-order valence-electron chi connectivity index (χ0n) is 18.9. The van der Waals surface area contributed by atoms with Gasteiger partial charge in [0.05, 0.1) is 0 Å². The number of benzene rings is 3. The van der Waals surface area contributed by atoms with Crippen molar-refractivity contribution in [2.75, 3.05) is 5.32 Å². The lowest BCUT2D eigenvalue weighted by Crippen LogP contribution is -2.29. The molecule has 1 heterocycles. The summed E-state index contributed by atoms with van der Waals surface area (Å²) < 4.78 is 46.1. The number of nitrogens with two attached hydrogens (primary N) is 1. The molecule has 4 rings (SSSR count). The van der Waals surface area contributed by atoms with Gasteiger partial charge in [0.1, 0.15) is 5.92 Å². The summed E-state index contributed by atoms with van der Waals surface area (Å²) in [4.78, 5) is 12.5. The molecule has 0 radical (unpaired) electrons. The van der Waals surface area contributed by atoms with Crippen molar-refractivity contribution in [1.82, 2.24) is 14.9 Å². The summed E-state index contributed by atoms with van der Waals surface area (Å²) >= 11 is 11.8. The first-order valence-corrected chi connectivity index (χ1v) is 12.4. The molecule has 6 nitrogen and oxygen atoms in total. The molecule has 4 aromatic rings. The van der Waals surface area contributed by atoms with Gasteiger partial charge in [0.15, 0.2) is 10.8 Å². The molecule has 12 heteroatoms. The predicted octanol–water partition coefficient (Wildman–Crippen LogP) is 6.14. The lowest BCUT2D eigenvalue weighted by molar-refractivity contribution is -0.141. The number of nitrogens with zero attached hydrogens (tertiary/aromatic N) is 2. The van der Waals surface area contributed by atoms with Crippen LogP contribution in [0.1, 0.15) is 33.1 Å². The minimum absolute atomic E-state index is 0.0596. The van der Waals surface area contributed by atoms with Crippen LogP contribution in [0.25, 0.3) is 11.1 Å². The van der Waals surface area contributed by atoms with Crippen molar-refractivity contribution < 1.29 is 18.0 Å². The fourth-order valence-corrected chi connectivity index (χ4v) is 4.43. The molecule has 37 heavy (non-hydrogen) atoms. The van der Waals surface area contributed by atoms with Crippen LogP contribution in [0.2, 0.25) is 5.02 Å². The van der Waals surface area contributed by atoms with Crippen molar-refractivity contribution in [1.29, 1.82) is 0 Å². The molecule has 0 bridgehead atoms. The van der Waals surface area contributed by atoms with Gasteiger partial charge in [-0.1, -0.05) is 58.6 Å². The van der Waals surface area contributed by atoms with E-state index in [1.54, 1.807) is 30.3 Å². The number of alkyl halides is 3. The van der Waals surface area contributed by atoms with Gasteiger partial charge in [-0.05, 0) is 75.8 Å². The first-order chi connectivity index (χ1) is 17.6. The molecule has 0 aliphatic carbocycles. The molecule has 0 saturated carbocycles. The summed E-state index contributed by atoms with van der Waals surface area (Å²) in [5, 5.41) is 11.3. The maximum atomic E-state index is 14.1. The first-order valence-electron chi connectivity index (χ1n) is 10.8. The van der Waals surface area contributed by atoms with Gasteiger partial charge in [-0.15, -0.1) is 5.10 Å². The average Bonchev–Trinajstić information content (AvgIpc) is 3.39. The maximum Gasteiger partial charge on any atom is 0.399 e. The van der Waals surface area contributed by atoms with Crippen LogP contribution in [0, 0.1) is 0 Å². The van der Waals surface area contributed by atoms with Gasteiger partial charge in [-0.3, -0.25) is 4.79 Å². The number of anilines is 1. The molecule has 4 N–H and O–H groups in total. The van der Waals surface area contributed by atoms with E-state index in [0.717, 1.165) is 11.5 Å². The van der Waals surface area contributed by atoms with E-state index in [0.29, 0.717) is 27.4 Å². The quantitative estimate of drug-likeness (QED) is 0.235. The van der Waals surface area contributed by atoms with Crippen LogP contribution in [0.4, 0.5) is 18.9 Å². The Bertz CT molecular complexity index is 1410. The normalized spacial score (nSPS) is 12.1. The zero-order valence-corrected chi connectivity index (χ0v) is 21.3. The average molecular weight is 562 g/mol. The summed E-state index contributed by atoms with van der Waals surface area (Å²) in [6.45, 7) is 0.184. The number of thiocarbonyl (C=S) groups is 1. The third-order valence-corrected chi connectivity index (χ3v) is 6.38. The number of hydrogen-bond acceptors (Lipinski definition) is 5. The Morgan fingerprint density at radius 2 is 1.78 bits per heavy atom. The molecular weight excluding hydrogens is 543 g/mol. The Labute approximate surface area is 224 Å². The van der Waals surface area contributed by atoms with Crippen LogP contribution >= 0.6 is 35.4 Å². The molecular formula is C25H19ClF3N5OS2. The summed E-state index contributed by atoms with van der Waals surface area (Å²) in [5.74, 6) is -2.28. The molecule has 1 aromatic heterocycles. The second-order valence-corrected chi connectivity index (χ2v) is 9.47. The Balaban J connectivity index is 1.70. The Hall–Kier alpha value is -3.54. The van der Waals surface area contributed by atoms with Crippen molar-refractivity contribution >= 4 is 52.1 Å². The molecule has 0 aliphatic rings. The van der Waals surface area contributed by atoms with Crippen LogP contribution in [0.3, 0.4) is 0 Å². The Morgan fingerprint density at radius 3 is 2.43 bits per heavy atom. The highest BCUT2D eigenvalue weighted by Crippen LogP contribution is 2.41. The van der Waals surface area contributed by atoms with Gasteiger partial charge < -0.3 is 16.4 Å². The summed E-state index contributed by atoms with van der Waals surface area (Å²) in [7, 11) is 0. The van der Waals surface area contributed by atoms with E-state index in [1.165, 1.54) is 41.8 Å². The molecule has 0 saturated heterocycles. The Morgan fingerprint density at radius 1 is 1.05 bits per heavy atom.